The molecule has 1 fully saturated rings. The highest BCUT2D eigenvalue weighted by atomic mass is 35.5. The van der Waals surface area contributed by atoms with Crippen LogP contribution in [0, 0.1) is 6.92 Å². The van der Waals surface area contributed by atoms with Gasteiger partial charge in [-0.1, -0.05) is 11.6 Å². The van der Waals surface area contributed by atoms with Gasteiger partial charge in [-0.05, 0) is 25.8 Å². The van der Waals surface area contributed by atoms with E-state index in [2.05, 4.69) is 14.7 Å². The van der Waals surface area contributed by atoms with E-state index in [1.54, 1.807) is 13.0 Å². The minimum atomic E-state index is -3.51. The molecule has 1 aromatic heterocycles. The zero-order chi connectivity index (χ0) is 13.2. The lowest BCUT2D eigenvalue weighted by molar-refractivity contribution is 0.127. The van der Waals surface area contributed by atoms with Crippen molar-refractivity contribution in [3.63, 3.8) is 0 Å². The first-order valence-corrected chi connectivity index (χ1v) is 7.61. The molecule has 0 saturated carbocycles. The number of nitrogens with one attached hydrogen (secondary N) is 1. The molecule has 0 spiro atoms. The fourth-order valence-corrected chi connectivity index (χ4v) is 3.22. The Labute approximate surface area is 111 Å². The van der Waals surface area contributed by atoms with Gasteiger partial charge < -0.3 is 4.74 Å². The number of aryl methyl sites for hydroxylation is 1. The lowest BCUT2D eigenvalue weighted by Crippen LogP contribution is -2.26. The maximum atomic E-state index is 11.9. The Balaban J connectivity index is 2.06. The molecule has 1 aliphatic heterocycles. The first-order chi connectivity index (χ1) is 8.44. The predicted octanol–water partition coefficient (Wildman–Crippen LogP) is 1.36. The molecule has 0 amide bonds. The van der Waals surface area contributed by atoms with Crippen molar-refractivity contribution in [1.29, 1.82) is 0 Å². The Morgan fingerprint density at radius 1 is 1.56 bits per heavy atom. The summed E-state index contributed by atoms with van der Waals surface area (Å²) in [6.45, 7) is 2.33. The van der Waals surface area contributed by atoms with Gasteiger partial charge in [0.25, 0.3) is 0 Å². The van der Waals surface area contributed by atoms with Crippen molar-refractivity contribution in [3.8, 4) is 0 Å². The molecular formula is C10H14ClN3O3S. The fourth-order valence-electron chi connectivity index (χ4n) is 1.78. The smallest absolute Gasteiger partial charge is 0.238 e. The van der Waals surface area contributed by atoms with E-state index < -0.39 is 10.0 Å². The Kier molecular flexibility index (Phi) is 4.04. The third kappa shape index (κ3) is 3.79. The van der Waals surface area contributed by atoms with Crippen molar-refractivity contribution < 1.29 is 13.2 Å². The van der Waals surface area contributed by atoms with Crippen molar-refractivity contribution in [3.05, 3.63) is 16.9 Å². The van der Waals surface area contributed by atoms with Gasteiger partial charge in [-0.2, -0.15) is 0 Å². The van der Waals surface area contributed by atoms with Crippen LogP contribution in [0.25, 0.3) is 0 Å². The quantitative estimate of drug-likeness (QED) is 0.847. The molecule has 1 N–H and O–H groups in total. The van der Waals surface area contributed by atoms with E-state index in [4.69, 9.17) is 16.3 Å². The second kappa shape index (κ2) is 5.38. The summed E-state index contributed by atoms with van der Waals surface area (Å²) in [5.41, 5.74) is 0.602. The lowest BCUT2D eigenvalue weighted by Gasteiger charge is -2.11. The Morgan fingerprint density at radius 2 is 2.33 bits per heavy atom. The molecule has 1 aromatic rings. The molecule has 2 rings (SSSR count). The van der Waals surface area contributed by atoms with Gasteiger partial charge in [-0.3, -0.25) is 4.72 Å². The number of ether oxygens (including phenoxy) is 1. The van der Waals surface area contributed by atoms with Crippen LogP contribution in [-0.2, 0) is 14.8 Å². The van der Waals surface area contributed by atoms with Crippen LogP contribution < -0.4 is 4.72 Å². The number of sulfonamides is 1. The van der Waals surface area contributed by atoms with E-state index in [9.17, 15) is 8.42 Å². The van der Waals surface area contributed by atoms with Crippen LogP contribution in [0.3, 0.4) is 0 Å². The van der Waals surface area contributed by atoms with Gasteiger partial charge in [0, 0.05) is 12.3 Å². The Bertz CT molecular complexity index is 509. The van der Waals surface area contributed by atoms with Crippen LogP contribution in [0.15, 0.2) is 6.07 Å². The summed E-state index contributed by atoms with van der Waals surface area (Å²) in [4.78, 5) is 7.78. The van der Waals surface area contributed by atoms with Gasteiger partial charge in [-0.25, -0.2) is 18.4 Å². The number of anilines is 1. The van der Waals surface area contributed by atoms with Crippen LogP contribution in [-0.4, -0.2) is 36.8 Å². The van der Waals surface area contributed by atoms with Crippen molar-refractivity contribution in [1.82, 2.24) is 9.97 Å². The van der Waals surface area contributed by atoms with Gasteiger partial charge in [0.2, 0.25) is 16.0 Å². The summed E-state index contributed by atoms with van der Waals surface area (Å²) in [6.07, 6.45) is 1.41. The molecule has 1 atom stereocenters. The molecule has 1 aliphatic rings. The van der Waals surface area contributed by atoms with Gasteiger partial charge in [0.15, 0.2) is 0 Å². The largest absolute Gasteiger partial charge is 0.377 e. The first-order valence-electron chi connectivity index (χ1n) is 5.58. The van der Waals surface area contributed by atoms with E-state index in [0.29, 0.717) is 12.3 Å². The minimum Gasteiger partial charge on any atom is -0.377 e. The highest BCUT2D eigenvalue weighted by Gasteiger charge is 2.24. The summed E-state index contributed by atoms with van der Waals surface area (Å²) >= 11 is 5.74. The molecule has 0 radical (unpaired) electrons. The minimum absolute atomic E-state index is 0.00185. The molecule has 18 heavy (non-hydrogen) atoms. The van der Waals surface area contributed by atoms with E-state index in [0.717, 1.165) is 12.8 Å². The molecule has 0 aromatic carbocycles. The lowest BCUT2D eigenvalue weighted by atomic mass is 10.3. The van der Waals surface area contributed by atoms with Gasteiger partial charge in [-0.15, -0.1) is 0 Å². The fraction of sp³-hybridized carbons (Fsp3) is 0.600. The van der Waals surface area contributed by atoms with E-state index in [1.807, 2.05) is 0 Å². The standard InChI is InChI=1S/C10H14ClN3O3S/c1-7-5-9(11)13-10(12-7)14-18(15,16)6-8-3-2-4-17-8/h5,8H,2-4,6H2,1H3,(H,12,13,14). The second-order valence-electron chi connectivity index (χ2n) is 4.17. The number of nitrogens with zero attached hydrogens (tertiary/aromatic N) is 2. The monoisotopic (exact) mass is 291 g/mol. The summed E-state index contributed by atoms with van der Waals surface area (Å²) in [5.74, 6) is -0.0833. The average Bonchev–Trinajstić information content (AvgIpc) is 2.66. The van der Waals surface area contributed by atoms with E-state index >= 15 is 0 Å². The summed E-state index contributed by atoms with van der Waals surface area (Å²) in [6, 6.07) is 1.55. The van der Waals surface area contributed by atoms with Crippen molar-refractivity contribution in [2.24, 2.45) is 0 Å². The van der Waals surface area contributed by atoms with Crippen LogP contribution in [0.2, 0.25) is 5.15 Å². The zero-order valence-electron chi connectivity index (χ0n) is 9.89. The number of rotatable bonds is 4. The molecule has 6 nitrogen and oxygen atoms in total. The maximum absolute atomic E-state index is 11.9. The molecular weight excluding hydrogens is 278 g/mol. The van der Waals surface area contributed by atoms with Crippen LogP contribution in [0.4, 0.5) is 5.95 Å². The third-order valence-electron chi connectivity index (χ3n) is 2.50. The topological polar surface area (TPSA) is 81.2 Å². The highest BCUT2D eigenvalue weighted by Crippen LogP contribution is 2.16. The molecule has 100 valence electrons. The van der Waals surface area contributed by atoms with Crippen LogP contribution >= 0.6 is 11.6 Å². The normalized spacial score (nSPS) is 20.0. The average molecular weight is 292 g/mol. The molecule has 0 bridgehead atoms. The van der Waals surface area contributed by atoms with E-state index in [-0.39, 0.29) is 23.0 Å². The number of hydrogen-bond acceptors (Lipinski definition) is 5. The second-order valence-corrected chi connectivity index (χ2v) is 6.33. The van der Waals surface area contributed by atoms with Crippen molar-refractivity contribution in [2.75, 3.05) is 17.1 Å². The van der Waals surface area contributed by atoms with Crippen LogP contribution in [0.5, 0.6) is 0 Å². The highest BCUT2D eigenvalue weighted by molar-refractivity contribution is 7.92. The predicted molar refractivity (Wildman–Crippen MR) is 68.2 cm³/mol. The number of hydrogen-bond donors (Lipinski definition) is 1. The molecule has 1 unspecified atom stereocenters. The van der Waals surface area contributed by atoms with Crippen molar-refractivity contribution >= 4 is 27.6 Å². The summed E-state index contributed by atoms with van der Waals surface area (Å²) in [7, 11) is -3.51. The molecule has 0 aliphatic carbocycles. The zero-order valence-corrected chi connectivity index (χ0v) is 11.5. The number of halogens is 1. The summed E-state index contributed by atoms with van der Waals surface area (Å²) in [5, 5.41) is 0.206. The third-order valence-corrected chi connectivity index (χ3v) is 4.00. The molecule has 1 saturated heterocycles. The molecule has 8 heteroatoms. The van der Waals surface area contributed by atoms with Gasteiger partial charge >= 0.3 is 0 Å². The Hall–Kier alpha value is -0.920. The molecule has 2 heterocycles. The summed E-state index contributed by atoms with van der Waals surface area (Å²) < 4.78 is 31.3. The first kappa shape index (κ1) is 13.5. The van der Waals surface area contributed by atoms with Gasteiger partial charge in [0.1, 0.15) is 5.15 Å². The van der Waals surface area contributed by atoms with Gasteiger partial charge in [0.05, 0.1) is 11.9 Å². The van der Waals surface area contributed by atoms with Crippen molar-refractivity contribution in [2.45, 2.75) is 25.9 Å². The number of aromatic nitrogens is 2. The maximum Gasteiger partial charge on any atom is 0.238 e. The Morgan fingerprint density at radius 3 is 2.94 bits per heavy atom. The van der Waals surface area contributed by atoms with Crippen LogP contribution in [0.1, 0.15) is 18.5 Å². The SMILES string of the molecule is Cc1cc(Cl)nc(NS(=O)(=O)CC2CCCO2)n1. The van der Waals surface area contributed by atoms with E-state index in [1.165, 1.54) is 0 Å².